The van der Waals surface area contributed by atoms with Crippen molar-refractivity contribution in [2.24, 2.45) is 0 Å². The summed E-state index contributed by atoms with van der Waals surface area (Å²) in [5.41, 5.74) is 5.63. The number of nitrogens with one attached hydrogen (secondary N) is 2. The van der Waals surface area contributed by atoms with Gasteiger partial charge >= 0.3 is 0 Å². The molecule has 0 spiro atoms. The quantitative estimate of drug-likeness (QED) is 0.409. The first kappa shape index (κ1) is 24.1. The fourth-order valence-electron chi connectivity index (χ4n) is 5.88. The number of anilines is 3. The van der Waals surface area contributed by atoms with Gasteiger partial charge in [0.1, 0.15) is 23.1 Å². The van der Waals surface area contributed by atoms with Crippen LogP contribution in [-0.2, 0) is 11.3 Å². The number of likely N-dealkylation sites (N-methyl/N-ethyl adjacent to an activating group) is 1. The predicted octanol–water partition coefficient (Wildman–Crippen LogP) is 3.78. The Morgan fingerprint density at radius 3 is 2.82 bits per heavy atom. The van der Waals surface area contributed by atoms with E-state index >= 15 is 0 Å². The molecule has 2 N–H and O–H groups in total. The third kappa shape index (κ3) is 4.29. The number of imidazole rings is 1. The highest BCUT2D eigenvalue weighted by Crippen LogP contribution is 2.37. The molecule has 0 radical (unpaired) electrons. The molecule has 1 atom stereocenters. The molecule has 4 aromatic rings. The van der Waals surface area contributed by atoms with Crippen molar-refractivity contribution in [3.8, 4) is 11.3 Å². The Balaban J connectivity index is 1.25. The lowest BCUT2D eigenvalue weighted by atomic mass is 9.98. The Bertz CT molecular complexity index is 1570. The largest absolute Gasteiger partial charge is 0.381 e. The molecule has 3 aliphatic rings. The molecule has 3 aromatic heterocycles. The number of amides is 1. The Morgan fingerprint density at radius 2 is 2.00 bits per heavy atom. The van der Waals surface area contributed by atoms with Gasteiger partial charge in [-0.3, -0.25) is 9.20 Å². The van der Waals surface area contributed by atoms with E-state index in [-0.39, 0.29) is 11.7 Å². The van der Waals surface area contributed by atoms with E-state index in [9.17, 15) is 9.18 Å². The van der Waals surface area contributed by atoms with E-state index < -0.39 is 0 Å². The molecule has 9 nitrogen and oxygen atoms in total. The minimum atomic E-state index is -0.337. The van der Waals surface area contributed by atoms with Crippen LogP contribution in [0.25, 0.3) is 16.9 Å². The van der Waals surface area contributed by atoms with Crippen molar-refractivity contribution in [1.29, 1.82) is 0 Å². The fourth-order valence-corrected chi connectivity index (χ4v) is 5.88. The molecule has 10 heteroatoms. The number of carbonyl (C=O) groups is 1. The zero-order valence-electron chi connectivity index (χ0n) is 21.8. The molecule has 0 saturated carbocycles. The van der Waals surface area contributed by atoms with Gasteiger partial charge in [-0.15, -0.1) is 0 Å². The summed E-state index contributed by atoms with van der Waals surface area (Å²) in [4.78, 5) is 27.2. The van der Waals surface area contributed by atoms with Gasteiger partial charge in [0.2, 0.25) is 0 Å². The van der Waals surface area contributed by atoms with Gasteiger partial charge in [-0.1, -0.05) is 12.1 Å². The number of halogens is 1. The third-order valence-electron chi connectivity index (χ3n) is 8.06. The highest BCUT2D eigenvalue weighted by Gasteiger charge is 2.29. The van der Waals surface area contributed by atoms with Gasteiger partial charge in [-0.2, -0.15) is 0 Å². The molecule has 1 aromatic carbocycles. The lowest BCUT2D eigenvalue weighted by Crippen LogP contribution is -2.45. The monoisotopic (exact) mass is 527 g/mol. The summed E-state index contributed by atoms with van der Waals surface area (Å²) < 4.78 is 21.3. The highest BCUT2D eigenvalue weighted by molar-refractivity contribution is 6.06. The van der Waals surface area contributed by atoms with Crippen molar-refractivity contribution in [3.05, 3.63) is 71.3 Å². The Morgan fingerprint density at radius 1 is 1.13 bits per heavy atom. The Kier molecular flexibility index (Phi) is 5.93. The molecule has 7 rings (SSSR count). The highest BCUT2D eigenvalue weighted by atomic mass is 19.1. The molecule has 200 valence electrons. The van der Waals surface area contributed by atoms with Gasteiger partial charge in [-0.25, -0.2) is 14.4 Å². The van der Waals surface area contributed by atoms with Crippen molar-refractivity contribution in [2.75, 3.05) is 56.7 Å². The van der Waals surface area contributed by atoms with Gasteiger partial charge in [0.15, 0.2) is 0 Å². The number of fused-ring (bicyclic) bond motifs is 2. The smallest absolute Gasteiger partial charge is 0.254 e. The van der Waals surface area contributed by atoms with Gasteiger partial charge < -0.3 is 25.2 Å². The number of rotatable bonds is 5. The first-order valence-electron chi connectivity index (χ1n) is 13.4. The normalized spacial score (nSPS) is 19.5. The maximum atomic E-state index is 13.7. The number of pyridine rings is 2. The average Bonchev–Trinajstić information content (AvgIpc) is 3.70. The topological polar surface area (TPSA) is 87.0 Å². The van der Waals surface area contributed by atoms with Gasteiger partial charge in [0.05, 0.1) is 29.7 Å². The Hall–Kier alpha value is -4.02. The number of piperazine rings is 1. The van der Waals surface area contributed by atoms with Crippen LogP contribution in [0, 0.1) is 5.82 Å². The van der Waals surface area contributed by atoms with Crippen molar-refractivity contribution in [3.63, 3.8) is 0 Å². The first-order chi connectivity index (χ1) is 19.0. The molecule has 39 heavy (non-hydrogen) atoms. The maximum absolute atomic E-state index is 13.7. The summed E-state index contributed by atoms with van der Waals surface area (Å²) in [7, 11) is 2.15. The SMILES string of the molecule is CN1CCN(c2nc(Nc3ccc(-c4cnc5cc(F)ccn45)c4c3C(=O)NC4)ccc2[C@@H]2CCOC2)CC1. The van der Waals surface area contributed by atoms with Crippen LogP contribution in [0.15, 0.2) is 48.8 Å². The van der Waals surface area contributed by atoms with Crippen LogP contribution in [-0.4, -0.2) is 71.6 Å². The van der Waals surface area contributed by atoms with E-state index in [0.717, 1.165) is 68.5 Å². The van der Waals surface area contributed by atoms with Gasteiger partial charge in [-0.05, 0) is 37.2 Å². The van der Waals surface area contributed by atoms with Crippen LogP contribution in [0.3, 0.4) is 0 Å². The summed E-state index contributed by atoms with van der Waals surface area (Å²) in [6.07, 6.45) is 4.38. The van der Waals surface area contributed by atoms with Crippen LogP contribution in [0.5, 0.6) is 0 Å². The van der Waals surface area contributed by atoms with Gasteiger partial charge in [0, 0.05) is 68.6 Å². The summed E-state index contributed by atoms with van der Waals surface area (Å²) in [6, 6.07) is 10.9. The molecular weight excluding hydrogens is 497 g/mol. The summed E-state index contributed by atoms with van der Waals surface area (Å²) in [5.74, 6) is 1.57. The van der Waals surface area contributed by atoms with Gasteiger partial charge in [0.25, 0.3) is 5.91 Å². The third-order valence-corrected chi connectivity index (χ3v) is 8.06. The summed E-state index contributed by atoms with van der Waals surface area (Å²) >= 11 is 0. The maximum Gasteiger partial charge on any atom is 0.254 e. The zero-order valence-corrected chi connectivity index (χ0v) is 21.8. The van der Waals surface area contributed by atoms with Crippen molar-refractivity contribution >= 4 is 28.9 Å². The second-order valence-electron chi connectivity index (χ2n) is 10.5. The number of ether oxygens (including phenoxy) is 1. The van der Waals surface area contributed by atoms with E-state index in [1.807, 2.05) is 22.6 Å². The number of carbonyl (C=O) groups excluding carboxylic acids is 1. The van der Waals surface area contributed by atoms with E-state index in [2.05, 4.69) is 38.5 Å². The molecule has 3 aliphatic heterocycles. The minimum Gasteiger partial charge on any atom is -0.381 e. The van der Waals surface area contributed by atoms with Crippen LogP contribution in [0.4, 0.5) is 21.7 Å². The number of benzene rings is 1. The zero-order chi connectivity index (χ0) is 26.5. The lowest BCUT2D eigenvalue weighted by molar-refractivity contribution is 0.0966. The molecule has 6 heterocycles. The summed E-state index contributed by atoms with van der Waals surface area (Å²) in [5, 5.41) is 6.41. The molecule has 0 unspecified atom stereocenters. The van der Waals surface area contributed by atoms with E-state index in [4.69, 9.17) is 9.72 Å². The van der Waals surface area contributed by atoms with Crippen LogP contribution in [0.1, 0.15) is 33.8 Å². The molecular formula is C29H30FN7O2. The molecule has 2 saturated heterocycles. The fraction of sp³-hybridized carbons (Fsp3) is 0.345. The van der Waals surface area contributed by atoms with E-state index in [1.54, 1.807) is 12.4 Å². The lowest BCUT2D eigenvalue weighted by Gasteiger charge is -2.35. The Labute approximate surface area is 225 Å². The number of hydrogen-bond donors (Lipinski definition) is 2. The molecule has 2 fully saturated rings. The van der Waals surface area contributed by atoms with E-state index in [0.29, 0.717) is 35.2 Å². The molecule has 0 aliphatic carbocycles. The van der Waals surface area contributed by atoms with Crippen LogP contribution >= 0.6 is 0 Å². The predicted molar refractivity (Wildman–Crippen MR) is 147 cm³/mol. The minimum absolute atomic E-state index is 0.131. The van der Waals surface area contributed by atoms with Crippen molar-refractivity contribution in [1.82, 2.24) is 24.6 Å². The molecule has 0 bridgehead atoms. The second-order valence-corrected chi connectivity index (χ2v) is 10.5. The second kappa shape index (κ2) is 9.62. The average molecular weight is 528 g/mol. The van der Waals surface area contributed by atoms with E-state index in [1.165, 1.54) is 17.7 Å². The summed E-state index contributed by atoms with van der Waals surface area (Å²) in [6.45, 7) is 5.73. The number of nitrogens with zero attached hydrogens (tertiary/aromatic N) is 5. The van der Waals surface area contributed by atoms with Crippen molar-refractivity contribution < 1.29 is 13.9 Å². The number of aromatic nitrogens is 3. The molecule has 1 amide bonds. The first-order valence-corrected chi connectivity index (χ1v) is 13.4. The van der Waals surface area contributed by atoms with Crippen molar-refractivity contribution in [2.45, 2.75) is 18.9 Å². The van der Waals surface area contributed by atoms with Crippen LogP contribution in [0.2, 0.25) is 0 Å². The number of hydrogen-bond acceptors (Lipinski definition) is 7. The van der Waals surface area contributed by atoms with Crippen LogP contribution < -0.4 is 15.5 Å². The standard InChI is InChI=1S/C29H30FN7O2/c1-35-9-11-36(12-10-35)28-20(18-7-13-39-17-18)3-5-25(34-28)33-23-4-2-21(22-15-32-29(38)27(22)23)24-16-31-26-14-19(30)6-8-37(24)26/h2-6,8,14,16,18H,7,9-13,15,17H2,1H3,(H,32,38)(H,33,34)/t18-/m1/s1.